The molecule has 0 heterocycles. The number of hydrogen-bond donors (Lipinski definition) is 4. The predicted molar refractivity (Wildman–Crippen MR) is 97.9 cm³/mol. The molecule has 11 heteroatoms. The lowest BCUT2D eigenvalue weighted by atomic mass is 10.3. The molecule has 11 nitrogen and oxygen atoms in total. The first kappa shape index (κ1) is 25.3. The fourth-order valence-corrected chi connectivity index (χ4v) is 2.50. The van der Waals surface area contributed by atoms with Gasteiger partial charge in [-0.1, -0.05) is 0 Å². The van der Waals surface area contributed by atoms with Gasteiger partial charge in [0, 0.05) is 32.6 Å². The minimum atomic E-state index is -1.14. The summed E-state index contributed by atoms with van der Waals surface area (Å²) in [6, 6.07) is 0. The number of carbonyl (C=O) groups is 4. The van der Waals surface area contributed by atoms with Crippen LogP contribution in [0, 0.1) is 12.3 Å². The van der Waals surface area contributed by atoms with Crippen molar-refractivity contribution in [1.29, 1.82) is 0 Å². The Balaban J connectivity index is 4.85. The van der Waals surface area contributed by atoms with Gasteiger partial charge in [0.05, 0.1) is 26.2 Å². The normalized spacial score (nSPS) is 10.9. The highest BCUT2D eigenvalue weighted by Crippen LogP contribution is 2.00. The second-order valence-electron chi connectivity index (χ2n) is 6.15. The Morgan fingerprint density at radius 1 is 0.607 bits per heavy atom. The third-order valence-corrected chi connectivity index (χ3v) is 3.70. The van der Waals surface area contributed by atoms with Crippen LogP contribution in [0.1, 0.15) is 12.8 Å². The molecule has 0 bridgehead atoms. The third kappa shape index (κ3) is 14.5. The maximum absolute atomic E-state index is 10.9. The van der Waals surface area contributed by atoms with E-state index in [1.54, 1.807) is 0 Å². The Kier molecular flexibility index (Phi) is 13.0. The highest BCUT2D eigenvalue weighted by molar-refractivity contribution is 5.73. The van der Waals surface area contributed by atoms with Gasteiger partial charge in [0.1, 0.15) is 0 Å². The van der Waals surface area contributed by atoms with Crippen LogP contribution in [0.5, 0.6) is 0 Å². The Morgan fingerprint density at radius 2 is 0.929 bits per heavy atom. The maximum Gasteiger partial charge on any atom is 0.317 e. The summed E-state index contributed by atoms with van der Waals surface area (Å²) in [5.41, 5.74) is 0. The highest BCUT2D eigenvalue weighted by atomic mass is 16.4. The quantitative estimate of drug-likeness (QED) is 0.168. The van der Waals surface area contributed by atoms with E-state index >= 15 is 0 Å². The number of aliphatic carboxylic acids is 4. The van der Waals surface area contributed by atoms with Crippen molar-refractivity contribution in [1.82, 2.24) is 14.7 Å². The molecular weight excluding hydrogens is 374 g/mol. The first-order valence-electron chi connectivity index (χ1n) is 8.61. The number of carboxylic acid groups (broad SMARTS) is 4. The van der Waals surface area contributed by atoms with E-state index < -0.39 is 50.1 Å². The van der Waals surface area contributed by atoms with Crippen LogP contribution in [0.4, 0.5) is 0 Å². The predicted octanol–water partition coefficient (Wildman–Crippen LogP) is -1.36. The second kappa shape index (κ2) is 14.4. The molecule has 4 N–H and O–H groups in total. The van der Waals surface area contributed by atoms with Gasteiger partial charge in [-0.3, -0.25) is 29.0 Å². The van der Waals surface area contributed by atoms with E-state index in [4.69, 9.17) is 26.8 Å². The Morgan fingerprint density at radius 3 is 1.21 bits per heavy atom. The topological polar surface area (TPSA) is 159 Å². The van der Waals surface area contributed by atoms with Gasteiger partial charge in [-0.15, -0.1) is 12.3 Å². The molecule has 0 spiro atoms. The van der Waals surface area contributed by atoms with E-state index in [2.05, 4.69) is 5.92 Å². The van der Waals surface area contributed by atoms with Crippen molar-refractivity contribution >= 4 is 23.9 Å². The summed E-state index contributed by atoms with van der Waals surface area (Å²) in [6.07, 6.45) is 6.39. The molecule has 0 aliphatic rings. The summed E-state index contributed by atoms with van der Waals surface area (Å²) in [4.78, 5) is 47.9. The van der Waals surface area contributed by atoms with E-state index in [-0.39, 0.29) is 13.1 Å². The van der Waals surface area contributed by atoms with Crippen molar-refractivity contribution in [2.45, 2.75) is 12.8 Å². The monoisotopic (exact) mass is 401 g/mol. The van der Waals surface area contributed by atoms with Crippen molar-refractivity contribution < 1.29 is 39.6 Å². The van der Waals surface area contributed by atoms with Crippen LogP contribution >= 0.6 is 0 Å². The van der Waals surface area contributed by atoms with Crippen LogP contribution in [0.2, 0.25) is 0 Å². The molecule has 158 valence electrons. The zero-order valence-corrected chi connectivity index (χ0v) is 15.6. The number of hydrogen-bond acceptors (Lipinski definition) is 7. The Labute approximate surface area is 163 Å². The van der Waals surface area contributed by atoms with E-state index in [0.29, 0.717) is 32.5 Å². The molecule has 0 amide bonds. The van der Waals surface area contributed by atoms with E-state index in [0.717, 1.165) is 0 Å². The lowest BCUT2D eigenvalue weighted by Gasteiger charge is -2.28. The molecule has 0 unspecified atom stereocenters. The van der Waals surface area contributed by atoms with Gasteiger partial charge in [-0.25, -0.2) is 0 Å². The van der Waals surface area contributed by atoms with Gasteiger partial charge in [0.15, 0.2) is 0 Å². The summed E-state index contributed by atoms with van der Waals surface area (Å²) in [6.45, 7) is -0.143. The van der Waals surface area contributed by atoms with Gasteiger partial charge in [-0.2, -0.15) is 0 Å². The van der Waals surface area contributed by atoms with Crippen LogP contribution in [0.15, 0.2) is 0 Å². The molecule has 0 rings (SSSR count). The highest BCUT2D eigenvalue weighted by Gasteiger charge is 2.17. The number of carboxylic acids is 4. The third-order valence-electron chi connectivity index (χ3n) is 3.70. The van der Waals surface area contributed by atoms with Gasteiger partial charge < -0.3 is 25.3 Å². The number of unbranched alkanes of at least 4 members (excludes halogenated alkanes) is 1. The largest absolute Gasteiger partial charge is 0.480 e. The number of nitrogens with zero attached hydrogens (tertiary/aromatic N) is 3. The summed E-state index contributed by atoms with van der Waals surface area (Å²) in [5.74, 6) is -2.08. The second-order valence-corrected chi connectivity index (χ2v) is 6.15. The summed E-state index contributed by atoms with van der Waals surface area (Å²) in [7, 11) is 0. The molecule has 0 saturated carbocycles. The van der Waals surface area contributed by atoms with Crippen LogP contribution in [-0.4, -0.2) is 118 Å². The Hall–Kier alpha value is -2.68. The van der Waals surface area contributed by atoms with Gasteiger partial charge in [-0.05, 0) is 13.0 Å². The molecular formula is C17H27N3O8. The van der Waals surface area contributed by atoms with Crippen molar-refractivity contribution in [3.63, 3.8) is 0 Å². The lowest BCUT2D eigenvalue weighted by Crippen LogP contribution is -2.44. The van der Waals surface area contributed by atoms with Crippen molar-refractivity contribution in [2.24, 2.45) is 0 Å². The van der Waals surface area contributed by atoms with Gasteiger partial charge in [0.2, 0.25) is 0 Å². The average molecular weight is 401 g/mol. The molecule has 28 heavy (non-hydrogen) atoms. The molecule has 0 fully saturated rings. The summed E-state index contributed by atoms with van der Waals surface area (Å²) in [5, 5.41) is 35.6. The molecule has 0 aliphatic carbocycles. The van der Waals surface area contributed by atoms with E-state index in [9.17, 15) is 19.2 Å². The maximum atomic E-state index is 10.9. The molecule has 0 atom stereocenters. The first-order chi connectivity index (χ1) is 13.1. The SMILES string of the molecule is C#CCCCN(CCN(CC(=O)O)CC(=O)O)CCN(CC(=O)O)CC(=O)O. The van der Waals surface area contributed by atoms with Crippen LogP contribution < -0.4 is 0 Å². The molecule has 0 aromatic rings. The molecule has 0 saturated heterocycles. The number of terminal acetylenes is 1. The summed E-state index contributed by atoms with van der Waals surface area (Å²) < 4.78 is 0. The molecule has 0 aliphatic heterocycles. The lowest BCUT2D eigenvalue weighted by molar-refractivity contribution is -0.143. The average Bonchev–Trinajstić information content (AvgIpc) is 2.54. The molecule has 0 aromatic carbocycles. The zero-order chi connectivity index (χ0) is 21.5. The first-order valence-corrected chi connectivity index (χ1v) is 8.61. The zero-order valence-electron chi connectivity index (χ0n) is 15.6. The van der Waals surface area contributed by atoms with E-state index in [1.807, 2.05) is 4.90 Å². The van der Waals surface area contributed by atoms with Gasteiger partial charge in [0.25, 0.3) is 0 Å². The number of rotatable bonds is 17. The fourth-order valence-electron chi connectivity index (χ4n) is 2.50. The van der Waals surface area contributed by atoms with Crippen LogP contribution in [0.25, 0.3) is 0 Å². The summed E-state index contributed by atoms with van der Waals surface area (Å²) >= 11 is 0. The van der Waals surface area contributed by atoms with Crippen molar-refractivity contribution in [2.75, 3.05) is 58.9 Å². The minimum Gasteiger partial charge on any atom is -0.480 e. The van der Waals surface area contributed by atoms with Gasteiger partial charge >= 0.3 is 23.9 Å². The van der Waals surface area contributed by atoms with Crippen LogP contribution in [0.3, 0.4) is 0 Å². The van der Waals surface area contributed by atoms with Crippen molar-refractivity contribution in [3.05, 3.63) is 0 Å². The Bertz CT molecular complexity index is 503. The molecule has 0 radical (unpaired) electrons. The van der Waals surface area contributed by atoms with Crippen LogP contribution in [-0.2, 0) is 19.2 Å². The van der Waals surface area contributed by atoms with Crippen molar-refractivity contribution in [3.8, 4) is 12.3 Å². The van der Waals surface area contributed by atoms with E-state index in [1.165, 1.54) is 9.80 Å². The molecule has 0 aromatic heterocycles. The fraction of sp³-hybridized carbons (Fsp3) is 0.647. The standard InChI is InChI=1S/C17H27N3O8/c1-2-3-4-5-18(6-8-19(10-14(21)22)11-15(23)24)7-9-20(12-16(25)26)13-17(27)28/h1H,3-13H2,(H,21,22)(H,23,24)(H,25,26)(H,27,28). The minimum absolute atomic E-state index is 0.173. The smallest absolute Gasteiger partial charge is 0.317 e.